The summed E-state index contributed by atoms with van der Waals surface area (Å²) < 4.78 is 31.7. The first-order valence-electron chi connectivity index (χ1n) is 9.63. The topological polar surface area (TPSA) is 78.9 Å². The Bertz CT molecular complexity index is 722. The van der Waals surface area contributed by atoms with E-state index in [1.807, 2.05) is 4.90 Å². The van der Waals surface area contributed by atoms with Crippen LogP contribution < -0.4 is 4.72 Å². The lowest BCUT2D eigenvalue weighted by Gasteiger charge is -2.38. The van der Waals surface area contributed by atoms with Crippen LogP contribution in [0.3, 0.4) is 0 Å². The lowest BCUT2D eigenvalue weighted by atomic mass is 10.1. The number of hydrogen-bond donors (Lipinski definition) is 1. The Kier molecular flexibility index (Phi) is 6.86. The average Bonchev–Trinajstić information content (AvgIpc) is 3.23. The Balaban J connectivity index is 1.56. The number of carbonyl (C=O) groups excluding carboxylic acids is 1. The summed E-state index contributed by atoms with van der Waals surface area (Å²) in [4.78, 5) is 17.3. The molecule has 27 heavy (non-hydrogen) atoms. The molecular formula is C19H29N3O4S. The molecule has 1 aromatic carbocycles. The van der Waals surface area contributed by atoms with Gasteiger partial charge in [-0.1, -0.05) is 12.8 Å². The molecule has 1 saturated carbocycles. The van der Waals surface area contributed by atoms with Crippen molar-refractivity contribution in [1.82, 2.24) is 14.5 Å². The molecule has 2 fully saturated rings. The summed E-state index contributed by atoms with van der Waals surface area (Å²) in [5, 5.41) is 0. The number of amides is 1. The Hall–Kier alpha value is -1.48. The molecule has 150 valence electrons. The van der Waals surface area contributed by atoms with Crippen LogP contribution in [0.4, 0.5) is 0 Å². The van der Waals surface area contributed by atoms with Crippen LogP contribution in [-0.2, 0) is 14.8 Å². The van der Waals surface area contributed by atoms with Crippen molar-refractivity contribution in [3.63, 3.8) is 0 Å². The van der Waals surface area contributed by atoms with E-state index < -0.39 is 10.0 Å². The molecule has 0 unspecified atom stereocenters. The number of carbonyl (C=O) groups is 1. The van der Waals surface area contributed by atoms with Gasteiger partial charge in [0.15, 0.2) is 0 Å². The SMILES string of the molecule is COCCNS(=O)(=O)c1ccc(C(=O)N2CCN(C3CCCC3)CC2)cc1. The fourth-order valence-corrected chi connectivity index (χ4v) is 4.89. The summed E-state index contributed by atoms with van der Waals surface area (Å²) >= 11 is 0. The first-order chi connectivity index (χ1) is 13.0. The summed E-state index contributed by atoms with van der Waals surface area (Å²) in [6.45, 7) is 3.83. The predicted octanol–water partition coefficient (Wildman–Crippen LogP) is 1.31. The molecule has 3 rings (SSSR count). The fourth-order valence-electron chi connectivity index (χ4n) is 3.88. The van der Waals surface area contributed by atoms with E-state index >= 15 is 0 Å². The van der Waals surface area contributed by atoms with Gasteiger partial charge in [-0.3, -0.25) is 9.69 Å². The second kappa shape index (κ2) is 9.14. The summed E-state index contributed by atoms with van der Waals surface area (Å²) in [6.07, 6.45) is 5.20. The van der Waals surface area contributed by atoms with Crippen LogP contribution in [0.1, 0.15) is 36.0 Å². The van der Waals surface area contributed by atoms with E-state index in [-0.39, 0.29) is 17.3 Å². The molecule has 8 heteroatoms. The number of rotatable bonds is 7. The van der Waals surface area contributed by atoms with Gasteiger partial charge in [-0.2, -0.15) is 0 Å². The Morgan fingerprint density at radius 1 is 1.11 bits per heavy atom. The number of nitrogens with one attached hydrogen (secondary N) is 1. The van der Waals surface area contributed by atoms with Crippen LogP contribution in [0.25, 0.3) is 0 Å². The van der Waals surface area contributed by atoms with E-state index in [0.717, 1.165) is 26.2 Å². The quantitative estimate of drug-likeness (QED) is 0.705. The van der Waals surface area contributed by atoms with Crippen LogP contribution in [0.2, 0.25) is 0 Å². The van der Waals surface area contributed by atoms with Crippen molar-refractivity contribution in [2.24, 2.45) is 0 Å². The fraction of sp³-hybridized carbons (Fsp3) is 0.632. The summed E-state index contributed by atoms with van der Waals surface area (Å²) in [6, 6.07) is 6.85. The highest BCUT2D eigenvalue weighted by molar-refractivity contribution is 7.89. The molecule has 1 N–H and O–H groups in total. The van der Waals surface area contributed by atoms with Crippen molar-refractivity contribution in [2.75, 3.05) is 46.4 Å². The van der Waals surface area contributed by atoms with Crippen LogP contribution in [0, 0.1) is 0 Å². The Labute approximate surface area is 161 Å². The first kappa shape index (κ1) is 20.3. The van der Waals surface area contributed by atoms with Gasteiger partial charge in [0.1, 0.15) is 0 Å². The largest absolute Gasteiger partial charge is 0.383 e. The number of sulfonamides is 1. The molecule has 1 aliphatic carbocycles. The lowest BCUT2D eigenvalue weighted by molar-refractivity contribution is 0.0573. The number of piperazine rings is 1. The summed E-state index contributed by atoms with van der Waals surface area (Å²) in [7, 11) is -2.06. The van der Waals surface area contributed by atoms with Crippen molar-refractivity contribution in [3.05, 3.63) is 29.8 Å². The molecule has 0 bridgehead atoms. The number of ether oxygens (including phenoxy) is 1. The maximum absolute atomic E-state index is 12.7. The third kappa shape index (κ3) is 5.07. The van der Waals surface area contributed by atoms with Gasteiger partial charge >= 0.3 is 0 Å². The molecule has 0 spiro atoms. The van der Waals surface area contributed by atoms with E-state index in [4.69, 9.17) is 4.74 Å². The van der Waals surface area contributed by atoms with Crippen LogP contribution >= 0.6 is 0 Å². The van der Waals surface area contributed by atoms with Gasteiger partial charge in [0.25, 0.3) is 5.91 Å². The van der Waals surface area contributed by atoms with Gasteiger partial charge in [0, 0.05) is 51.4 Å². The summed E-state index contributed by atoms with van der Waals surface area (Å²) in [5.41, 5.74) is 0.528. The minimum absolute atomic E-state index is 0.0302. The van der Waals surface area contributed by atoms with Crippen molar-refractivity contribution in [2.45, 2.75) is 36.6 Å². The molecule has 1 saturated heterocycles. The second-order valence-corrected chi connectivity index (χ2v) is 8.95. The summed E-state index contributed by atoms with van der Waals surface area (Å²) in [5.74, 6) is -0.0302. The number of methoxy groups -OCH3 is 1. The number of nitrogens with zero attached hydrogens (tertiary/aromatic N) is 2. The molecule has 1 heterocycles. The van der Waals surface area contributed by atoms with E-state index in [1.54, 1.807) is 12.1 Å². The molecule has 0 radical (unpaired) electrons. The minimum Gasteiger partial charge on any atom is -0.383 e. The predicted molar refractivity (Wildman–Crippen MR) is 103 cm³/mol. The lowest BCUT2D eigenvalue weighted by Crippen LogP contribution is -2.51. The van der Waals surface area contributed by atoms with Crippen LogP contribution in [0.15, 0.2) is 29.2 Å². The standard InChI is InChI=1S/C19H29N3O4S/c1-26-15-10-20-27(24,25)18-8-6-16(7-9-18)19(23)22-13-11-21(12-14-22)17-4-2-3-5-17/h6-9,17,20H,2-5,10-15H2,1H3. The monoisotopic (exact) mass is 395 g/mol. The third-order valence-electron chi connectivity index (χ3n) is 5.45. The molecule has 1 amide bonds. The van der Waals surface area contributed by atoms with Crippen molar-refractivity contribution in [3.8, 4) is 0 Å². The van der Waals surface area contributed by atoms with E-state index in [9.17, 15) is 13.2 Å². The number of hydrogen-bond acceptors (Lipinski definition) is 5. The second-order valence-electron chi connectivity index (χ2n) is 7.18. The van der Waals surface area contributed by atoms with Crippen molar-refractivity contribution >= 4 is 15.9 Å². The smallest absolute Gasteiger partial charge is 0.253 e. The zero-order chi connectivity index (χ0) is 19.3. The zero-order valence-electron chi connectivity index (χ0n) is 15.9. The molecule has 1 aromatic rings. The van der Waals surface area contributed by atoms with Gasteiger partial charge in [-0.15, -0.1) is 0 Å². The van der Waals surface area contributed by atoms with Gasteiger partial charge in [-0.05, 0) is 37.1 Å². The molecule has 2 aliphatic rings. The molecule has 1 aliphatic heterocycles. The van der Waals surface area contributed by atoms with Crippen LogP contribution in [-0.4, -0.2) is 76.6 Å². The maximum Gasteiger partial charge on any atom is 0.253 e. The highest BCUT2D eigenvalue weighted by Crippen LogP contribution is 2.24. The highest BCUT2D eigenvalue weighted by atomic mass is 32.2. The van der Waals surface area contributed by atoms with E-state index in [1.165, 1.54) is 44.9 Å². The zero-order valence-corrected chi connectivity index (χ0v) is 16.7. The third-order valence-corrected chi connectivity index (χ3v) is 6.93. The average molecular weight is 396 g/mol. The van der Waals surface area contributed by atoms with Gasteiger partial charge in [0.2, 0.25) is 10.0 Å². The first-order valence-corrected chi connectivity index (χ1v) is 11.1. The van der Waals surface area contributed by atoms with Crippen molar-refractivity contribution < 1.29 is 17.9 Å². The Morgan fingerprint density at radius 3 is 2.33 bits per heavy atom. The number of benzene rings is 1. The molecule has 0 aromatic heterocycles. The van der Waals surface area contributed by atoms with Crippen LogP contribution in [0.5, 0.6) is 0 Å². The molecule has 7 nitrogen and oxygen atoms in total. The van der Waals surface area contributed by atoms with Gasteiger partial charge < -0.3 is 9.64 Å². The van der Waals surface area contributed by atoms with Gasteiger partial charge in [0.05, 0.1) is 11.5 Å². The minimum atomic E-state index is -3.58. The maximum atomic E-state index is 12.7. The van der Waals surface area contributed by atoms with E-state index in [2.05, 4.69) is 9.62 Å². The van der Waals surface area contributed by atoms with Crippen molar-refractivity contribution in [1.29, 1.82) is 0 Å². The Morgan fingerprint density at radius 2 is 1.74 bits per heavy atom. The van der Waals surface area contributed by atoms with Gasteiger partial charge in [-0.25, -0.2) is 13.1 Å². The highest BCUT2D eigenvalue weighted by Gasteiger charge is 2.28. The van der Waals surface area contributed by atoms with E-state index in [0.29, 0.717) is 18.2 Å². The normalized spacial score (nSPS) is 19.5. The molecule has 0 atom stereocenters. The molecular weight excluding hydrogens is 366 g/mol.